The highest BCUT2D eigenvalue weighted by molar-refractivity contribution is 5.71. The Balaban J connectivity index is 1.83. The second-order valence-corrected chi connectivity index (χ2v) is 6.58. The van der Waals surface area contributed by atoms with E-state index in [0.717, 1.165) is 16.9 Å². The quantitative estimate of drug-likeness (QED) is 0.486. The van der Waals surface area contributed by atoms with Crippen LogP contribution in [0.1, 0.15) is 5.56 Å². The summed E-state index contributed by atoms with van der Waals surface area (Å²) in [5.74, 6) is 1.55. The molecule has 0 saturated heterocycles. The van der Waals surface area contributed by atoms with Crippen LogP contribution in [0, 0.1) is 0 Å². The molecule has 3 rings (SSSR count). The molecule has 3 aromatic carbocycles. The molecule has 0 radical (unpaired) electrons. The SMILES string of the molecule is COCCOc1cc(CC(=O)O)cc(Oc2cccc(-c3ccc(OC)cc3)c2)c1. The van der Waals surface area contributed by atoms with Gasteiger partial charge in [-0.05, 0) is 53.1 Å². The summed E-state index contributed by atoms with van der Waals surface area (Å²) in [5, 5.41) is 9.14. The van der Waals surface area contributed by atoms with Gasteiger partial charge in [0.05, 0.1) is 20.1 Å². The average Bonchev–Trinajstić information content (AvgIpc) is 2.73. The van der Waals surface area contributed by atoms with Crippen molar-refractivity contribution in [2.75, 3.05) is 27.4 Å². The predicted octanol–water partition coefficient (Wildman–Crippen LogP) is 4.81. The summed E-state index contributed by atoms with van der Waals surface area (Å²) >= 11 is 0. The van der Waals surface area contributed by atoms with Gasteiger partial charge in [-0.15, -0.1) is 0 Å². The number of hydrogen-bond acceptors (Lipinski definition) is 5. The van der Waals surface area contributed by atoms with E-state index < -0.39 is 5.97 Å². The molecule has 0 atom stereocenters. The first kappa shape index (κ1) is 21.2. The number of methoxy groups -OCH3 is 2. The van der Waals surface area contributed by atoms with Crippen LogP contribution in [-0.4, -0.2) is 38.5 Å². The fourth-order valence-corrected chi connectivity index (χ4v) is 2.95. The average molecular weight is 408 g/mol. The lowest BCUT2D eigenvalue weighted by Gasteiger charge is -2.12. The topological polar surface area (TPSA) is 74.2 Å². The summed E-state index contributed by atoms with van der Waals surface area (Å²) < 4.78 is 21.9. The van der Waals surface area contributed by atoms with Crippen LogP contribution in [0.5, 0.6) is 23.0 Å². The molecule has 3 aromatic rings. The highest BCUT2D eigenvalue weighted by atomic mass is 16.5. The summed E-state index contributed by atoms with van der Waals surface area (Å²) in [6.45, 7) is 0.794. The summed E-state index contributed by atoms with van der Waals surface area (Å²) in [6.07, 6.45) is -0.121. The van der Waals surface area contributed by atoms with Crippen molar-refractivity contribution in [3.63, 3.8) is 0 Å². The van der Waals surface area contributed by atoms with Crippen molar-refractivity contribution in [3.8, 4) is 34.1 Å². The molecule has 0 unspecified atom stereocenters. The first-order valence-corrected chi connectivity index (χ1v) is 9.47. The Morgan fingerprint density at radius 3 is 2.27 bits per heavy atom. The molecule has 156 valence electrons. The van der Waals surface area contributed by atoms with Crippen molar-refractivity contribution in [1.29, 1.82) is 0 Å². The van der Waals surface area contributed by atoms with E-state index in [-0.39, 0.29) is 6.42 Å². The Morgan fingerprint density at radius 2 is 1.57 bits per heavy atom. The molecule has 0 fully saturated rings. The van der Waals surface area contributed by atoms with Gasteiger partial charge < -0.3 is 24.1 Å². The van der Waals surface area contributed by atoms with E-state index >= 15 is 0 Å². The molecule has 6 heteroatoms. The molecule has 0 saturated carbocycles. The van der Waals surface area contributed by atoms with Crippen LogP contribution in [0.25, 0.3) is 11.1 Å². The van der Waals surface area contributed by atoms with Gasteiger partial charge in [0.15, 0.2) is 0 Å². The van der Waals surface area contributed by atoms with Gasteiger partial charge in [0, 0.05) is 13.2 Å². The molecular weight excluding hydrogens is 384 g/mol. The van der Waals surface area contributed by atoms with E-state index in [4.69, 9.17) is 24.1 Å². The lowest BCUT2D eigenvalue weighted by Crippen LogP contribution is -2.06. The molecule has 0 aromatic heterocycles. The normalized spacial score (nSPS) is 10.5. The largest absolute Gasteiger partial charge is 0.497 e. The van der Waals surface area contributed by atoms with Crippen molar-refractivity contribution in [3.05, 3.63) is 72.3 Å². The monoisotopic (exact) mass is 408 g/mol. The van der Waals surface area contributed by atoms with Gasteiger partial charge in [0.2, 0.25) is 0 Å². The number of ether oxygens (including phenoxy) is 4. The van der Waals surface area contributed by atoms with Crippen molar-refractivity contribution >= 4 is 5.97 Å². The van der Waals surface area contributed by atoms with E-state index in [1.54, 1.807) is 32.4 Å². The Labute approximate surface area is 175 Å². The molecule has 0 aliphatic rings. The summed E-state index contributed by atoms with van der Waals surface area (Å²) in [6, 6.07) is 20.6. The third-order valence-corrected chi connectivity index (χ3v) is 4.34. The van der Waals surface area contributed by atoms with E-state index in [2.05, 4.69) is 0 Å². The summed E-state index contributed by atoms with van der Waals surface area (Å²) in [7, 11) is 3.23. The van der Waals surface area contributed by atoms with Crippen LogP contribution >= 0.6 is 0 Å². The number of hydrogen-bond donors (Lipinski definition) is 1. The van der Waals surface area contributed by atoms with Crippen molar-refractivity contribution in [2.24, 2.45) is 0 Å². The highest BCUT2D eigenvalue weighted by Gasteiger charge is 2.09. The number of rotatable bonds is 10. The Kier molecular flexibility index (Phi) is 7.29. The van der Waals surface area contributed by atoms with Crippen molar-refractivity contribution in [2.45, 2.75) is 6.42 Å². The zero-order chi connectivity index (χ0) is 21.3. The number of carbonyl (C=O) groups is 1. The van der Waals surface area contributed by atoms with E-state index in [0.29, 0.717) is 36.0 Å². The maximum atomic E-state index is 11.1. The zero-order valence-electron chi connectivity index (χ0n) is 17.0. The van der Waals surface area contributed by atoms with E-state index in [9.17, 15) is 4.79 Å². The lowest BCUT2D eigenvalue weighted by molar-refractivity contribution is -0.136. The van der Waals surface area contributed by atoms with Gasteiger partial charge in [0.1, 0.15) is 29.6 Å². The van der Waals surface area contributed by atoms with Gasteiger partial charge in [-0.3, -0.25) is 4.79 Å². The lowest BCUT2D eigenvalue weighted by atomic mass is 10.1. The maximum absolute atomic E-state index is 11.1. The Morgan fingerprint density at radius 1 is 0.800 bits per heavy atom. The fourth-order valence-electron chi connectivity index (χ4n) is 2.95. The van der Waals surface area contributed by atoms with Crippen LogP contribution in [0.4, 0.5) is 0 Å². The van der Waals surface area contributed by atoms with Crippen LogP contribution < -0.4 is 14.2 Å². The minimum absolute atomic E-state index is 0.121. The van der Waals surface area contributed by atoms with Gasteiger partial charge in [-0.2, -0.15) is 0 Å². The van der Waals surface area contributed by atoms with Crippen molar-refractivity contribution < 1.29 is 28.8 Å². The zero-order valence-corrected chi connectivity index (χ0v) is 17.0. The van der Waals surface area contributed by atoms with Crippen molar-refractivity contribution in [1.82, 2.24) is 0 Å². The van der Waals surface area contributed by atoms with Gasteiger partial charge >= 0.3 is 5.97 Å². The predicted molar refractivity (Wildman–Crippen MR) is 114 cm³/mol. The van der Waals surface area contributed by atoms with Gasteiger partial charge in [0.25, 0.3) is 0 Å². The van der Waals surface area contributed by atoms with Crippen LogP contribution in [-0.2, 0) is 16.0 Å². The van der Waals surface area contributed by atoms with E-state index in [1.807, 2.05) is 48.5 Å². The molecule has 0 amide bonds. The minimum Gasteiger partial charge on any atom is -0.497 e. The molecule has 0 bridgehead atoms. The highest BCUT2D eigenvalue weighted by Crippen LogP contribution is 2.31. The molecule has 0 spiro atoms. The Bertz CT molecular complexity index is 981. The first-order valence-electron chi connectivity index (χ1n) is 9.47. The molecule has 6 nitrogen and oxygen atoms in total. The minimum atomic E-state index is -0.920. The fraction of sp³-hybridized carbons (Fsp3) is 0.208. The second kappa shape index (κ2) is 10.3. The number of carboxylic acid groups (broad SMARTS) is 1. The van der Waals surface area contributed by atoms with Crippen LogP contribution in [0.2, 0.25) is 0 Å². The van der Waals surface area contributed by atoms with Gasteiger partial charge in [-0.25, -0.2) is 0 Å². The standard InChI is InChI=1S/C24H24O6/c1-27-10-11-29-22-12-17(14-24(25)26)13-23(16-22)30-21-5-3-4-19(15-21)18-6-8-20(28-2)9-7-18/h3-9,12-13,15-16H,10-11,14H2,1-2H3,(H,25,26). The smallest absolute Gasteiger partial charge is 0.307 e. The van der Waals surface area contributed by atoms with Crippen LogP contribution in [0.3, 0.4) is 0 Å². The van der Waals surface area contributed by atoms with Gasteiger partial charge in [-0.1, -0.05) is 24.3 Å². The third kappa shape index (κ3) is 5.99. The number of benzene rings is 3. The number of carboxylic acids is 1. The van der Waals surface area contributed by atoms with Crippen LogP contribution in [0.15, 0.2) is 66.7 Å². The molecule has 1 N–H and O–H groups in total. The molecule has 0 aliphatic carbocycles. The molecule has 0 heterocycles. The second-order valence-electron chi connectivity index (χ2n) is 6.58. The third-order valence-electron chi connectivity index (χ3n) is 4.34. The molecule has 0 aliphatic heterocycles. The van der Waals surface area contributed by atoms with E-state index in [1.165, 1.54) is 0 Å². The summed E-state index contributed by atoms with van der Waals surface area (Å²) in [5.41, 5.74) is 2.62. The Hall–Kier alpha value is -3.51. The molecular formula is C24H24O6. The maximum Gasteiger partial charge on any atom is 0.307 e. The molecule has 30 heavy (non-hydrogen) atoms. The first-order chi connectivity index (χ1) is 14.6. The summed E-state index contributed by atoms with van der Waals surface area (Å²) in [4.78, 5) is 11.1. The number of aliphatic carboxylic acids is 1.